The van der Waals surface area contributed by atoms with Gasteiger partial charge < -0.3 is 14.2 Å². The van der Waals surface area contributed by atoms with E-state index in [2.05, 4.69) is 25.1 Å². The Balaban J connectivity index is 1.16. The quantitative estimate of drug-likeness (QED) is 0.337. The molecule has 1 aliphatic heterocycles. The number of methoxy groups -OCH3 is 1. The van der Waals surface area contributed by atoms with Crippen molar-refractivity contribution in [1.82, 2.24) is 9.55 Å². The predicted molar refractivity (Wildman–Crippen MR) is 147 cm³/mol. The number of fused-ring (bicyclic) bond motifs is 10. The summed E-state index contributed by atoms with van der Waals surface area (Å²) in [5, 5.41) is 0.859. The Morgan fingerprint density at radius 2 is 2.05 bits per heavy atom. The first-order chi connectivity index (χ1) is 18.5. The minimum atomic E-state index is 0.0253. The highest BCUT2D eigenvalue weighted by atomic mass is 32.1. The lowest BCUT2D eigenvalue weighted by Gasteiger charge is -2.49. The van der Waals surface area contributed by atoms with E-state index in [0.717, 1.165) is 52.3 Å². The van der Waals surface area contributed by atoms with Crippen molar-refractivity contribution in [3.8, 4) is 17.2 Å². The first-order valence-corrected chi connectivity index (χ1v) is 14.4. The third-order valence-corrected chi connectivity index (χ3v) is 11.0. The van der Waals surface area contributed by atoms with Crippen LogP contribution in [0.5, 0.6) is 17.2 Å². The van der Waals surface area contributed by atoms with Crippen molar-refractivity contribution >= 4 is 21.6 Å². The summed E-state index contributed by atoms with van der Waals surface area (Å²) < 4.78 is 18.3. The van der Waals surface area contributed by atoms with Gasteiger partial charge in [0.2, 0.25) is 6.79 Å². The number of thiophene rings is 1. The summed E-state index contributed by atoms with van der Waals surface area (Å²) in [5.74, 6) is 4.27. The normalized spacial score (nSPS) is 26.5. The lowest BCUT2D eigenvalue weighted by atomic mass is 9.55. The molecule has 8 rings (SSSR count). The van der Waals surface area contributed by atoms with Gasteiger partial charge in [0.1, 0.15) is 10.6 Å². The zero-order valence-electron chi connectivity index (χ0n) is 21.7. The minimum absolute atomic E-state index is 0.0253. The molecule has 7 heteroatoms. The second-order valence-corrected chi connectivity index (χ2v) is 12.7. The Labute approximate surface area is 225 Å². The largest absolute Gasteiger partial charge is 0.497 e. The maximum Gasteiger partial charge on any atom is 0.262 e. The summed E-state index contributed by atoms with van der Waals surface area (Å²) >= 11 is 1.75. The number of benzene rings is 2. The van der Waals surface area contributed by atoms with Gasteiger partial charge in [-0.3, -0.25) is 9.36 Å². The third-order valence-electron chi connectivity index (χ3n) is 9.84. The van der Waals surface area contributed by atoms with Gasteiger partial charge in [0, 0.05) is 4.88 Å². The first kappa shape index (κ1) is 22.6. The Morgan fingerprint density at radius 1 is 1.16 bits per heavy atom. The van der Waals surface area contributed by atoms with Crippen LogP contribution in [0.25, 0.3) is 10.2 Å². The molecular formula is C31H30N2O4S. The summed E-state index contributed by atoms with van der Waals surface area (Å²) in [6.45, 7) is 3.15. The maximum atomic E-state index is 14.0. The molecular weight excluding hydrogens is 496 g/mol. The number of ether oxygens (including phenoxy) is 3. The smallest absolute Gasteiger partial charge is 0.262 e. The van der Waals surface area contributed by atoms with Gasteiger partial charge in [-0.2, -0.15) is 0 Å². The van der Waals surface area contributed by atoms with Gasteiger partial charge in [0.05, 0.1) is 25.4 Å². The molecule has 3 aliphatic carbocycles. The van der Waals surface area contributed by atoms with Gasteiger partial charge in [-0.15, -0.1) is 11.3 Å². The highest BCUT2D eigenvalue weighted by Crippen LogP contribution is 2.62. The van der Waals surface area contributed by atoms with E-state index >= 15 is 0 Å². The molecule has 4 atom stereocenters. The SMILES string of the molecule is COc1ccc2c(c1)CC[C@@H]1[C@@H]2CC[C@]2(C)c3c(sc4ncn(Cc5ccc6c(c5)OCO6)c(=O)c34)C[C@@H]12. The fourth-order valence-corrected chi connectivity index (χ4v) is 9.39. The van der Waals surface area contributed by atoms with Crippen molar-refractivity contribution in [3.63, 3.8) is 0 Å². The lowest BCUT2D eigenvalue weighted by molar-refractivity contribution is 0.106. The van der Waals surface area contributed by atoms with Gasteiger partial charge >= 0.3 is 0 Å². The molecule has 0 amide bonds. The van der Waals surface area contributed by atoms with E-state index in [1.54, 1.807) is 29.3 Å². The molecule has 0 spiro atoms. The molecule has 6 nitrogen and oxygen atoms in total. The van der Waals surface area contributed by atoms with E-state index in [-0.39, 0.29) is 17.8 Å². The number of aromatic nitrogens is 2. The molecule has 2 aromatic heterocycles. The lowest BCUT2D eigenvalue weighted by Crippen LogP contribution is -2.43. The van der Waals surface area contributed by atoms with Crippen LogP contribution < -0.4 is 19.8 Å². The van der Waals surface area contributed by atoms with Crippen LogP contribution in [0.15, 0.2) is 47.5 Å². The summed E-state index contributed by atoms with van der Waals surface area (Å²) in [7, 11) is 1.75. The van der Waals surface area contributed by atoms with Crippen LogP contribution in [0, 0.1) is 11.8 Å². The molecule has 38 heavy (non-hydrogen) atoms. The average molecular weight is 527 g/mol. The molecule has 194 valence electrons. The van der Waals surface area contributed by atoms with E-state index in [1.165, 1.54) is 34.4 Å². The molecule has 0 N–H and O–H groups in total. The first-order valence-electron chi connectivity index (χ1n) is 13.6. The van der Waals surface area contributed by atoms with Crippen molar-refractivity contribution in [2.75, 3.05) is 13.9 Å². The molecule has 0 radical (unpaired) electrons. The van der Waals surface area contributed by atoms with Gasteiger partial charge in [0.25, 0.3) is 5.56 Å². The second kappa shape index (κ2) is 8.09. The predicted octanol–water partition coefficient (Wildman–Crippen LogP) is 5.81. The number of aryl methyl sites for hydroxylation is 1. The summed E-state index contributed by atoms with van der Waals surface area (Å²) in [4.78, 5) is 21.0. The van der Waals surface area contributed by atoms with Crippen LogP contribution in [0.3, 0.4) is 0 Å². The van der Waals surface area contributed by atoms with E-state index in [9.17, 15) is 4.79 Å². The molecule has 4 aromatic rings. The Kier molecular flexibility index (Phi) is 4.82. The molecule has 1 fully saturated rings. The summed E-state index contributed by atoms with van der Waals surface area (Å²) in [6.07, 6.45) is 7.38. The number of nitrogens with zero attached hydrogens (tertiary/aromatic N) is 2. The van der Waals surface area contributed by atoms with E-state index < -0.39 is 0 Å². The van der Waals surface area contributed by atoms with Crippen molar-refractivity contribution < 1.29 is 14.2 Å². The highest BCUT2D eigenvalue weighted by molar-refractivity contribution is 7.18. The molecule has 1 saturated carbocycles. The van der Waals surface area contributed by atoms with Crippen molar-refractivity contribution in [1.29, 1.82) is 0 Å². The van der Waals surface area contributed by atoms with Gasteiger partial charge in [-0.25, -0.2) is 4.98 Å². The fraction of sp³-hybridized carbons (Fsp3) is 0.419. The molecule has 0 bridgehead atoms. The maximum absolute atomic E-state index is 14.0. The zero-order valence-corrected chi connectivity index (χ0v) is 22.5. The molecule has 0 saturated heterocycles. The van der Waals surface area contributed by atoms with Gasteiger partial charge in [-0.05, 0) is 102 Å². The topological polar surface area (TPSA) is 62.6 Å². The number of hydrogen-bond donors (Lipinski definition) is 0. The highest BCUT2D eigenvalue weighted by Gasteiger charge is 2.54. The molecule has 0 unspecified atom stereocenters. The summed E-state index contributed by atoms with van der Waals surface area (Å²) in [6, 6.07) is 12.6. The Hall–Kier alpha value is -3.32. The van der Waals surface area contributed by atoms with Crippen LogP contribution >= 0.6 is 11.3 Å². The zero-order chi connectivity index (χ0) is 25.6. The Bertz CT molecular complexity index is 1670. The van der Waals surface area contributed by atoms with Crippen LogP contribution in [0.1, 0.15) is 59.2 Å². The summed E-state index contributed by atoms with van der Waals surface area (Å²) in [5.41, 5.74) is 5.40. The van der Waals surface area contributed by atoms with Crippen molar-refractivity contribution in [2.45, 2.75) is 56.9 Å². The minimum Gasteiger partial charge on any atom is -0.497 e. The monoisotopic (exact) mass is 526 g/mol. The Morgan fingerprint density at radius 3 is 2.95 bits per heavy atom. The van der Waals surface area contributed by atoms with Crippen LogP contribution in [0.4, 0.5) is 0 Å². The number of rotatable bonds is 3. The third kappa shape index (κ3) is 3.11. The van der Waals surface area contributed by atoms with Crippen molar-refractivity contribution in [3.05, 3.63) is 80.2 Å². The standard InChI is InChI=1S/C31H30N2O4S/c1-31-10-9-21-20-7-5-19(35-2)12-18(20)4-6-22(21)23(31)13-26-28(31)27-29(38-26)32-15-33(30(27)34)14-17-3-8-24-25(11-17)37-16-36-24/h3,5,7-8,11-12,15,21-23H,4,6,9-10,13-14,16H2,1-2H3/t21-,22-,23+,31+/m1/s1. The van der Waals surface area contributed by atoms with E-state index in [1.807, 2.05) is 18.2 Å². The van der Waals surface area contributed by atoms with Crippen LogP contribution in [-0.2, 0) is 24.8 Å². The van der Waals surface area contributed by atoms with E-state index in [4.69, 9.17) is 19.2 Å². The molecule has 4 aliphatic rings. The van der Waals surface area contributed by atoms with Crippen LogP contribution in [0.2, 0.25) is 0 Å². The van der Waals surface area contributed by atoms with Crippen LogP contribution in [-0.4, -0.2) is 23.5 Å². The fourth-order valence-electron chi connectivity index (χ4n) is 8.06. The number of hydrogen-bond acceptors (Lipinski definition) is 6. The molecule has 2 aromatic carbocycles. The van der Waals surface area contributed by atoms with Gasteiger partial charge in [-0.1, -0.05) is 19.1 Å². The average Bonchev–Trinajstić information content (AvgIpc) is 3.62. The van der Waals surface area contributed by atoms with Crippen molar-refractivity contribution in [2.24, 2.45) is 11.8 Å². The van der Waals surface area contributed by atoms with E-state index in [0.29, 0.717) is 24.3 Å². The second-order valence-electron chi connectivity index (χ2n) is 11.6. The van der Waals surface area contributed by atoms with Gasteiger partial charge in [0.15, 0.2) is 11.5 Å². The molecule has 3 heterocycles.